The van der Waals surface area contributed by atoms with Crippen LogP contribution >= 0.6 is 0 Å². The SMILES string of the molecule is COc1cccc(N(CC(=O)NCc2cccc(N3CCCC3=O)c2)S(=O)(=O)c2ccccc2)c1. The molecule has 3 aromatic rings. The summed E-state index contributed by atoms with van der Waals surface area (Å²) in [5.74, 6) is 0.102. The number of rotatable bonds is 9. The minimum Gasteiger partial charge on any atom is -0.497 e. The summed E-state index contributed by atoms with van der Waals surface area (Å²) < 4.78 is 33.2. The van der Waals surface area contributed by atoms with Gasteiger partial charge in [0.2, 0.25) is 11.8 Å². The third-order valence-corrected chi connectivity index (χ3v) is 7.53. The molecule has 182 valence electrons. The Labute approximate surface area is 205 Å². The minimum absolute atomic E-state index is 0.0820. The highest BCUT2D eigenvalue weighted by atomic mass is 32.2. The Balaban J connectivity index is 1.52. The molecule has 8 nitrogen and oxygen atoms in total. The molecular formula is C26H27N3O5S. The molecule has 0 unspecified atom stereocenters. The van der Waals surface area contributed by atoms with Crippen LogP contribution in [0.4, 0.5) is 11.4 Å². The molecule has 2 amide bonds. The second-order valence-corrected chi connectivity index (χ2v) is 9.98. The summed E-state index contributed by atoms with van der Waals surface area (Å²) in [6.45, 7) is 0.474. The molecule has 0 aliphatic carbocycles. The highest BCUT2D eigenvalue weighted by Gasteiger charge is 2.27. The number of carbonyl (C=O) groups excluding carboxylic acids is 2. The fourth-order valence-corrected chi connectivity index (χ4v) is 5.38. The monoisotopic (exact) mass is 493 g/mol. The van der Waals surface area contributed by atoms with Crippen LogP contribution in [0.25, 0.3) is 0 Å². The topological polar surface area (TPSA) is 96.0 Å². The number of ether oxygens (including phenoxy) is 1. The summed E-state index contributed by atoms with van der Waals surface area (Å²) in [4.78, 5) is 26.8. The molecule has 1 saturated heterocycles. The Morgan fingerprint density at radius 2 is 1.80 bits per heavy atom. The van der Waals surface area contributed by atoms with Gasteiger partial charge in [-0.15, -0.1) is 0 Å². The number of carbonyl (C=O) groups is 2. The van der Waals surface area contributed by atoms with Gasteiger partial charge >= 0.3 is 0 Å². The molecule has 4 rings (SSSR count). The number of anilines is 2. The van der Waals surface area contributed by atoms with Crippen molar-refractivity contribution >= 4 is 33.2 Å². The summed E-state index contributed by atoms with van der Waals surface area (Å²) in [5.41, 5.74) is 1.93. The highest BCUT2D eigenvalue weighted by Crippen LogP contribution is 2.27. The van der Waals surface area contributed by atoms with Gasteiger partial charge in [-0.1, -0.05) is 36.4 Å². The first-order chi connectivity index (χ1) is 16.9. The molecule has 0 bridgehead atoms. The Morgan fingerprint density at radius 1 is 1.03 bits per heavy atom. The van der Waals surface area contributed by atoms with E-state index < -0.39 is 22.5 Å². The first-order valence-electron chi connectivity index (χ1n) is 11.3. The van der Waals surface area contributed by atoms with Gasteiger partial charge in [0.25, 0.3) is 10.0 Å². The molecule has 0 atom stereocenters. The van der Waals surface area contributed by atoms with Gasteiger partial charge in [-0.3, -0.25) is 13.9 Å². The van der Waals surface area contributed by atoms with E-state index in [9.17, 15) is 18.0 Å². The second kappa shape index (κ2) is 10.6. The lowest BCUT2D eigenvalue weighted by Gasteiger charge is -2.24. The van der Waals surface area contributed by atoms with Crippen molar-refractivity contribution in [2.24, 2.45) is 0 Å². The Bertz CT molecular complexity index is 1310. The van der Waals surface area contributed by atoms with E-state index in [4.69, 9.17) is 4.74 Å². The van der Waals surface area contributed by atoms with Crippen LogP contribution in [0.1, 0.15) is 18.4 Å². The highest BCUT2D eigenvalue weighted by molar-refractivity contribution is 7.92. The van der Waals surface area contributed by atoms with Gasteiger partial charge in [0.15, 0.2) is 0 Å². The van der Waals surface area contributed by atoms with E-state index in [-0.39, 0.29) is 17.3 Å². The first-order valence-corrected chi connectivity index (χ1v) is 12.7. The maximum Gasteiger partial charge on any atom is 0.264 e. The van der Waals surface area contributed by atoms with Gasteiger partial charge in [0, 0.05) is 31.3 Å². The van der Waals surface area contributed by atoms with Crippen molar-refractivity contribution in [1.82, 2.24) is 5.32 Å². The summed E-state index contributed by atoms with van der Waals surface area (Å²) in [6, 6.07) is 22.0. The van der Waals surface area contributed by atoms with Crippen LogP contribution in [0.5, 0.6) is 5.75 Å². The Morgan fingerprint density at radius 3 is 2.51 bits per heavy atom. The van der Waals surface area contributed by atoms with Crippen molar-refractivity contribution in [2.45, 2.75) is 24.3 Å². The van der Waals surface area contributed by atoms with Gasteiger partial charge in [-0.25, -0.2) is 8.42 Å². The molecule has 9 heteroatoms. The molecule has 1 fully saturated rings. The zero-order chi connectivity index (χ0) is 24.8. The van der Waals surface area contributed by atoms with Crippen LogP contribution in [0.2, 0.25) is 0 Å². The molecule has 0 aromatic heterocycles. The molecule has 1 aliphatic heterocycles. The molecule has 1 heterocycles. The van der Waals surface area contributed by atoms with Crippen LogP contribution in [0, 0.1) is 0 Å². The number of nitrogens with one attached hydrogen (secondary N) is 1. The largest absolute Gasteiger partial charge is 0.497 e. The molecule has 1 N–H and O–H groups in total. The fraction of sp³-hybridized carbons (Fsp3) is 0.231. The third kappa shape index (κ3) is 5.63. The zero-order valence-corrected chi connectivity index (χ0v) is 20.2. The molecule has 0 saturated carbocycles. The second-order valence-electron chi connectivity index (χ2n) is 8.12. The number of benzene rings is 3. The first kappa shape index (κ1) is 24.3. The van der Waals surface area contributed by atoms with Crippen molar-refractivity contribution in [3.63, 3.8) is 0 Å². The van der Waals surface area contributed by atoms with E-state index in [1.165, 1.54) is 19.2 Å². The number of nitrogens with zero attached hydrogens (tertiary/aromatic N) is 2. The molecule has 1 aliphatic rings. The van der Waals surface area contributed by atoms with E-state index in [1.54, 1.807) is 47.4 Å². The number of amides is 2. The van der Waals surface area contributed by atoms with E-state index in [1.807, 2.05) is 24.3 Å². The predicted octanol–water partition coefficient (Wildman–Crippen LogP) is 3.33. The lowest BCUT2D eigenvalue weighted by molar-refractivity contribution is -0.120. The van der Waals surface area contributed by atoms with Gasteiger partial charge < -0.3 is 15.0 Å². The van der Waals surface area contributed by atoms with Crippen LogP contribution in [0.15, 0.2) is 83.8 Å². The fourth-order valence-electron chi connectivity index (χ4n) is 3.94. The maximum atomic E-state index is 13.4. The van der Waals surface area contributed by atoms with Crippen molar-refractivity contribution < 1.29 is 22.7 Å². The lowest BCUT2D eigenvalue weighted by Crippen LogP contribution is -2.40. The molecular weight excluding hydrogens is 466 g/mol. The minimum atomic E-state index is -4.01. The van der Waals surface area contributed by atoms with Crippen molar-refractivity contribution in [1.29, 1.82) is 0 Å². The van der Waals surface area contributed by atoms with Gasteiger partial charge in [-0.2, -0.15) is 0 Å². The zero-order valence-electron chi connectivity index (χ0n) is 19.4. The van der Waals surface area contributed by atoms with Gasteiger partial charge in [0.05, 0.1) is 17.7 Å². The van der Waals surface area contributed by atoms with Crippen molar-refractivity contribution in [3.8, 4) is 5.75 Å². The summed E-state index contributed by atoms with van der Waals surface area (Å²) in [7, 11) is -2.52. The van der Waals surface area contributed by atoms with Crippen LogP contribution in [0.3, 0.4) is 0 Å². The lowest BCUT2D eigenvalue weighted by atomic mass is 10.2. The average Bonchev–Trinajstić information content (AvgIpc) is 3.32. The summed E-state index contributed by atoms with van der Waals surface area (Å²) in [6.07, 6.45) is 1.37. The Hall–Kier alpha value is -3.85. The number of hydrogen-bond donors (Lipinski definition) is 1. The normalized spacial score (nSPS) is 13.5. The molecule has 3 aromatic carbocycles. The van der Waals surface area contributed by atoms with Crippen molar-refractivity contribution in [2.75, 3.05) is 29.4 Å². The predicted molar refractivity (Wildman–Crippen MR) is 134 cm³/mol. The maximum absolute atomic E-state index is 13.4. The third-order valence-electron chi connectivity index (χ3n) is 5.75. The van der Waals surface area contributed by atoms with E-state index in [0.29, 0.717) is 24.4 Å². The quantitative estimate of drug-likeness (QED) is 0.493. The van der Waals surface area contributed by atoms with E-state index >= 15 is 0 Å². The van der Waals surface area contributed by atoms with Crippen LogP contribution in [-0.4, -0.2) is 40.4 Å². The molecule has 0 radical (unpaired) electrons. The van der Waals surface area contributed by atoms with Crippen molar-refractivity contribution in [3.05, 3.63) is 84.4 Å². The average molecular weight is 494 g/mol. The van der Waals surface area contributed by atoms with E-state index in [2.05, 4.69) is 5.32 Å². The van der Waals surface area contributed by atoms with Crippen LogP contribution in [-0.2, 0) is 26.2 Å². The summed E-state index contributed by atoms with van der Waals surface area (Å²) in [5, 5.41) is 2.80. The number of hydrogen-bond acceptors (Lipinski definition) is 5. The number of sulfonamides is 1. The Kier molecular flexibility index (Phi) is 7.36. The molecule has 0 spiro atoms. The van der Waals surface area contributed by atoms with Gasteiger partial charge in [-0.05, 0) is 48.4 Å². The smallest absolute Gasteiger partial charge is 0.264 e. The van der Waals surface area contributed by atoms with E-state index in [0.717, 1.165) is 22.0 Å². The standard InChI is InChI=1S/C26H27N3O5S/c1-34-23-11-6-10-22(17-23)29(35(32,33)24-12-3-2-4-13-24)19-25(30)27-18-20-8-5-9-21(16-20)28-15-7-14-26(28)31/h2-6,8-13,16-17H,7,14-15,18-19H2,1H3,(H,27,30). The number of methoxy groups -OCH3 is 1. The van der Waals surface area contributed by atoms with Gasteiger partial charge in [0.1, 0.15) is 12.3 Å². The molecule has 35 heavy (non-hydrogen) atoms. The summed E-state index contributed by atoms with van der Waals surface area (Å²) >= 11 is 0. The van der Waals surface area contributed by atoms with Crippen LogP contribution < -0.4 is 19.3 Å².